The Kier molecular flexibility index (Phi) is 5.31. The van der Waals surface area contributed by atoms with E-state index in [1.54, 1.807) is 10.7 Å². The third-order valence-corrected chi connectivity index (χ3v) is 4.28. The minimum absolute atomic E-state index is 0.177. The first-order valence-corrected chi connectivity index (χ1v) is 9.16. The van der Waals surface area contributed by atoms with Crippen LogP contribution in [-0.4, -0.2) is 46.6 Å². The van der Waals surface area contributed by atoms with Crippen molar-refractivity contribution < 1.29 is 4.79 Å². The maximum atomic E-state index is 12.3. The molecule has 0 saturated carbocycles. The van der Waals surface area contributed by atoms with E-state index in [2.05, 4.69) is 35.6 Å². The fourth-order valence-corrected chi connectivity index (χ4v) is 2.97. The Morgan fingerprint density at radius 1 is 1.15 bits per heavy atom. The van der Waals surface area contributed by atoms with E-state index < -0.39 is 0 Å². The van der Waals surface area contributed by atoms with E-state index in [1.807, 2.05) is 33.8 Å². The van der Waals surface area contributed by atoms with Crippen molar-refractivity contribution in [1.82, 2.24) is 34.9 Å². The topological polar surface area (TPSA) is 114 Å². The van der Waals surface area contributed by atoms with Gasteiger partial charge < -0.3 is 5.32 Å². The van der Waals surface area contributed by atoms with Crippen molar-refractivity contribution in [2.45, 2.75) is 39.3 Å². The number of rotatable bonds is 6. The molecule has 3 aromatic rings. The molecule has 0 radical (unpaired) electrons. The molecule has 2 N–H and O–H groups in total. The second-order valence-corrected chi connectivity index (χ2v) is 6.73. The quantitative estimate of drug-likeness (QED) is 0.636. The van der Waals surface area contributed by atoms with Crippen LogP contribution in [0.1, 0.15) is 29.8 Å². The van der Waals surface area contributed by atoms with Crippen LogP contribution in [0.25, 0.3) is 5.95 Å². The second kappa shape index (κ2) is 7.65. The number of nitrogens with zero attached hydrogens (tertiary/aromatic N) is 6. The molecule has 26 heavy (non-hydrogen) atoms. The molecule has 0 atom stereocenters. The molecule has 0 bridgehead atoms. The summed E-state index contributed by atoms with van der Waals surface area (Å²) in [5.41, 5.74) is 2.44. The monoisotopic (exact) mass is 372 g/mol. The summed E-state index contributed by atoms with van der Waals surface area (Å²) >= 11 is 1.27. The van der Waals surface area contributed by atoms with Gasteiger partial charge in [-0.05, 0) is 26.8 Å². The number of anilines is 1. The van der Waals surface area contributed by atoms with Gasteiger partial charge in [-0.25, -0.2) is 15.0 Å². The predicted octanol–water partition coefficient (Wildman–Crippen LogP) is 2.00. The van der Waals surface area contributed by atoms with Gasteiger partial charge >= 0.3 is 0 Å². The first kappa shape index (κ1) is 18.1. The number of H-pyrrole nitrogens is 1. The Morgan fingerprint density at radius 3 is 2.54 bits per heavy atom. The van der Waals surface area contributed by atoms with E-state index in [9.17, 15) is 4.79 Å². The maximum absolute atomic E-state index is 12.3. The largest absolute Gasteiger partial charge is 0.310 e. The molecule has 0 aliphatic heterocycles. The summed E-state index contributed by atoms with van der Waals surface area (Å²) in [6.45, 7) is 7.62. The minimum Gasteiger partial charge on any atom is -0.310 e. The third kappa shape index (κ3) is 4.26. The van der Waals surface area contributed by atoms with Crippen molar-refractivity contribution in [3.05, 3.63) is 35.0 Å². The van der Waals surface area contributed by atoms with Gasteiger partial charge in [-0.15, -0.1) is 5.10 Å². The first-order valence-electron chi connectivity index (χ1n) is 8.18. The number of aromatic amines is 1. The van der Waals surface area contributed by atoms with E-state index in [0.717, 1.165) is 29.3 Å². The molecule has 10 heteroatoms. The van der Waals surface area contributed by atoms with E-state index in [1.165, 1.54) is 11.8 Å². The number of hydrogen-bond acceptors (Lipinski definition) is 7. The van der Waals surface area contributed by atoms with Crippen LogP contribution in [0.2, 0.25) is 0 Å². The average molecular weight is 372 g/mol. The molecular weight excluding hydrogens is 352 g/mol. The predicted molar refractivity (Wildman–Crippen MR) is 98.5 cm³/mol. The summed E-state index contributed by atoms with van der Waals surface area (Å²) in [6, 6.07) is 3.67. The molecule has 0 unspecified atom stereocenters. The van der Waals surface area contributed by atoms with Crippen molar-refractivity contribution in [1.29, 1.82) is 0 Å². The SMILES string of the molecule is CCc1nc(SCC(=O)Nc2cc(C)nn2-c2nc(C)cc(C)n2)n[nH]1. The molecule has 0 aliphatic rings. The Hall–Kier alpha value is -2.75. The minimum atomic E-state index is -0.177. The highest BCUT2D eigenvalue weighted by molar-refractivity contribution is 7.99. The molecular formula is C16H20N8OS. The molecule has 0 aromatic carbocycles. The molecule has 1 amide bonds. The number of carbonyl (C=O) groups excluding carboxylic acids is 1. The van der Waals surface area contributed by atoms with Gasteiger partial charge in [-0.1, -0.05) is 18.7 Å². The lowest BCUT2D eigenvalue weighted by molar-refractivity contribution is -0.113. The summed E-state index contributed by atoms with van der Waals surface area (Å²) in [6.07, 6.45) is 0.772. The van der Waals surface area contributed by atoms with Gasteiger partial charge in [0.25, 0.3) is 5.95 Å². The van der Waals surface area contributed by atoms with Gasteiger partial charge in [0.15, 0.2) is 0 Å². The van der Waals surface area contributed by atoms with Crippen molar-refractivity contribution in [3.8, 4) is 5.95 Å². The zero-order valence-corrected chi connectivity index (χ0v) is 15.9. The highest BCUT2D eigenvalue weighted by Gasteiger charge is 2.14. The van der Waals surface area contributed by atoms with Gasteiger partial charge in [0, 0.05) is 23.9 Å². The van der Waals surface area contributed by atoms with Crippen LogP contribution in [0.3, 0.4) is 0 Å². The van der Waals surface area contributed by atoms with Crippen molar-refractivity contribution in [2.75, 3.05) is 11.1 Å². The number of nitrogens with one attached hydrogen (secondary N) is 2. The lowest BCUT2D eigenvalue weighted by Crippen LogP contribution is -2.18. The molecule has 0 saturated heterocycles. The average Bonchev–Trinajstić information content (AvgIpc) is 3.18. The van der Waals surface area contributed by atoms with Crippen LogP contribution in [0, 0.1) is 20.8 Å². The lowest BCUT2D eigenvalue weighted by Gasteiger charge is -2.08. The van der Waals surface area contributed by atoms with Gasteiger partial charge in [0.1, 0.15) is 11.6 Å². The number of aryl methyl sites for hydroxylation is 4. The molecule has 3 aromatic heterocycles. The molecule has 136 valence electrons. The van der Waals surface area contributed by atoms with Crippen molar-refractivity contribution in [2.24, 2.45) is 0 Å². The number of amides is 1. The molecule has 3 heterocycles. The Bertz CT molecular complexity index is 912. The molecule has 0 spiro atoms. The molecule has 0 aliphatic carbocycles. The van der Waals surface area contributed by atoms with Crippen LogP contribution in [0.15, 0.2) is 17.3 Å². The summed E-state index contributed by atoms with van der Waals surface area (Å²) in [5.74, 6) is 1.78. The van der Waals surface area contributed by atoms with Crippen LogP contribution >= 0.6 is 11.8 Å². The van der Waals surface area contributed by atoms with Crippen LogP contribution in [0.4, 0.5) is 5.82 Å². The fraction of sp³-hybridized carbons (Fsp3) is 0.375. The van der Waals surface area contributed by atoms with Gasteiger partial charge in [-0.2, -0.15) is 9.78 Å². The number of hydrogen-bond donors (Lipinski definition) is 2. The van der Waals surface area contributed by atoms with E-state index in [-0.39, 0.29) is 11.7 Å². The molecule has 9 nitrogen and oxygen atoms in total. The zero-order chi connectivity index (χ0) is 18.7. The lowest BCUT2D eigenvalue weighted by atomic mass is 10.4. The second-order valence-electron chi connectivity index (χ2n) is 5.79. The van der Waals surface area contributed by atoms with E-state index in [0.29, 0.717) is 16.9 Å². The maximum Gasteiger partial charge on any atom is 0.252 e. The van der Waals surface area contributed by atoms with Crippen LogP contribution in [0.5, 0.6) is 0 Å². The zero-order valence-electron chi connectivity index (χ0n) is 15.1. The van der Waals surface area contributed by atoms with Crippen LogP contribution < -0.4 is 5.32 Å². The van der Waals surface area contributed by atoms with Gasteiger partial charge in [0.2, 0.25) is 11.1 Å². The van der Waals surface area contributed by atoms with Crippen molar-refractivity contribution in [3.63, 3.8) is 0 Å². The highest BCUT2D eigenvalue weighted by atomic mass is 32.2. The molecule has 0 fully saturated rings. The van der Waals surface area contributed by atoms with Gasteiger partial charge in [0.05, 0.1) is 11.4 Å². The van der Waals surface area contributed by atoms with Crippen molar-refractivity contribution >= 4 is 23.5 Å². The summed E-state index contributed by atoms with van der Waals surface area (Å²) in [7, 11) is 0. The van der Waals surface area contributed by atoms with Crippen LogP contribution in [-0.2, 0) is 11.2 Å². The third-order valence-electron chi connectivity index (χ3n) is 3.44. The number of carbonyl (C=O) groups is 1. The van der Waals surface area contributed by atoms with E-state index >= 15 is 0 Å². The molecule has 3 rings (SSSR count). The standard InChI is InChI=1S/C16H20N8OS/c1-5-12-19-16(22-21-12)26-8-14(25)20-13-7-11(4)23-24(13)15-17-9(2)6-10(3)18-15/h6-7H,5,8H2,1-4H3,(H,20,25)(H,19,21,22). The number of thioether (sulfide) groups is 1. The summed E-state index contributed by atoms with van der Waals surface area (Å²) in [5, 5.41) is 14.7. The normalized spacial score (nSPS) is 10.9. The van der Waals surface area contributed by atoms with Gasteiger partial charge in [-0.3, -0.25) is 9.89 Å². The smallest absolute Gasteiger partial charge is 0.252 e. The fourth-order valence-electron chi connectivity index (χ4n) is 2.35. The summed E-state index contributed by atoms with van der Waals surface area (Å²) < 4.78 is 1.54. The summed E-state index contributed by atoms with van der Waals surface area (Å²) in [4.78, 5) is 25.4. The first-order chi connectivity index (χ1) is 12.4. The Morgan fingerprint density at radius 2 is 1.88 bits per heavy atom. The van der Waals surface area contributed by atoms with E-state index in [4.69, 9.17) is 0 Å². The number of aromatic nitrogens is 7. The highest BCUT2D eigenvalue weighted by Crippen LogP contribution is 2.17. The Balaban J connectivity index is 1.72. The Labute approximate surface area is 155 Å².